The molecule has 0 bridgehead atoms. The molecule has 0 atom stereocenters. The number of fused-ring (bicyclic) bond motifs is 9. The lowest BCUT2D eigenvalue weighted by atomic mass is 10.0. The fourth-order valence-corrected chi connectivity index (χ4v) is 19.5. The van der Waals surface area contributed by atoms with Gasteiger partial charge in [-0.15, -0.1) is 0 Å². The third kappa shape index (κ3) is 21.5. The predicted molar refractivity (Wildman–Crippen MR) is 526 cm³/mol. The number of methoxy groups -OCH3 is 1. The second-order valence-corrected chi connectivity index (χ2v) is 35.6. The van der Waals surface area contributed by atoms with Crippen LogP contribution in [0, 0.1) is 5.82 Å². The van der Waals surface area contributed by atoms with E-state index in [9.17, 15) is 44.0 Å². The van der Waals surface area contributed by atoms with E-state index in [0.717, 1.165) is 184 Å². The quantitative estimate of drug-likeness (QED) is 0.0207. The minimum absolute atomic E-state index is 0.0149. The van der Waals surface area contributed by atoms with Gasteiger partial charge in [-0.1, -0.05) is 157 Å². The highest BCUT2D eigenvalue weighted by atomic mass is 35.5. The second-order valence-electron chi connectivity index (χ2n) is 34.7. The molecule has 12 N–H and O–H groups in total. The normalized spacial score (nSPS) is 13.8. The highest BCUT2D eigenvalue weighted by molar-refractivity contribution is 6.31. The van der Waals surface area contributed by atoms with Crippen LogP contribution in [-0.4, -0.2) is 182 Å². The molecule has 704 valence electrons. The largest absolute Gasteiger partial charge is 0.496 e. The number of aromatic nitrogens is 12. The SMILES string of the molecule is COc1ccc(CN2CCc3c(c(C(=O)NCc4cccc5[nH]ccc45)nn3CCO)C2)c2ccccc12.O=C(NCc1ccc(Cl)cc1)c1nn(CCO)c2c1CN(Cc1c[nH]c3ccccc13)CC2.O=C(NCc1ccc(F)cc1)c1nn(CCO)c2c1CN(Cc1c[nH]c3ccccc13)CC2.O=C(NCc1cccc(Cl)c1)c1nn(CCO)c2c1CN(Cc1c[nH]c3ccccc13)CC2. The number of aliphatic hydroxyl groups excluding tert-OH is 4. The lowest BCUT2D eigenvalue weighted by molar-refractivity contribution is 0.0934. The average Bonchev–Trinajstić information content (AvgIpc) is 0.826. The van der Waals surface area contributed by atoms with E-state index in [2.05, 4.69) is 166 Å². The first kappa shape index (κ1) is 93.5. The van der Waals surface area contributed by atoms with Crippen LogP contribution in [0.3, 0.4) is 0 Å². The molecule has 9 aromatic carbocycles. The molecule has 29 nitrogen and oxygen atoms in total. The molecule has 4 aliphatic heterocycles. The smallest absolute Gasteiger partial charge is 0.272 e. The molecule has 0 radical (unpaired) electrons. The molecule has 8 aromatic heterocycles. The maximum atomic E-state index is 13.4. The van der Waals surface area contributed by atoms with Gasteiger partial charge in [0.1, 0.15) is 11.6 Å². The fourth-order valence-electron chi connectivity index (χ4n) is 19.2. The summed E-state index contributed by atoms with van der Waals surface area (Å²) in [5, 5.41) is 76.6. The lowest BCUT2D eigenvalue weighted by Crippen LogP contribution is -2.32. The van der Waals surface area contributed by atoms with Gasteiger partial charge in [0.05, 0.1) is 59.7 Å². The summed E-state index contributed by atoms with van der Waals surface area (Å²) in [6.07, 6.45) is 11.2. The highest BCUT2D eigenvalue weighted by Gasteiger charge is 2.34. The first-order valence-electron chi connectivity index (χ1n) is 46.3. The first-order chi connectivity index (χ1) is 67.0. The molecule has 0 saturated heterocycles. The molecule has 17 aromatic rings. The van der Waals surface area contributed by atoms with Gasteiger partial charge in [-0.25, -0.2) is 4.39 Å². The standard InChI is InChI=1S/C30H31N5O3.2C25H26ClN5O2.C25H26FN5O2/c1-38-28-10-9-21(22-6-2-3-7-24(22)28)18-34-14-12-27-25(19-34)29(33-35(27)15-16-36)30(37)32-17-20-5-4-8-26-23(20)11-13-31-26;26-19-5-3-4-17(12-19)13-28-25(33)24-21-16-30(9-8-23(21)31(29-24)10-11-32)15-18-14-27-22-7-2-1-6-20(18)22;2*26-19-7-5-17(6-8-19)13-28-25(33)24-21-16-30(10-9-23(21)31(29-24)11-12-32)15-18-14-27-22-4-2-1-3-20(18)22/h2-11,13,31,36H,12,14-19H2,1H3,(H,32,37);1-7,12,14,27,32H,8-11,13,15-16H2,(H,28,33);2*1-8,14,27,32H,9-13,15-16H2,(H,28,33). The third-order valence-corrected chi connectivity index (χ3v) is 26.4. The second kappa shape index (κ2) is 43.4. The summed E-state index contributed by atoms with van der Waals surface area (Å²) in [5.41, 5.74) is 22.7. The zero-order valence-electron chi connectivity index (χ0n) is 76.1. The zero-order chi connectivity index (χ0) is 94.4. The molecule has 21 rings (SSSR count). The summed E-state index contributed by atoms with van der Waals surface area (Å²) < 4.78 is 25.8. The van der Waals surface area contributed by atoms with Crippen LogP contribution in [0.5, 0.6) is 5.75 Å². The molecular weight excluding hydrogens is 1780 g/mol. The van der Waals surface area contributed by atoms with Crippen LogP contribution in [0.4, 0.5) is 4.39 Å². The number of ether oxygens (including phenoxy) is 1. The number of rotatable bonds is 29. The van der Waals surface area contributed by atoms with Crippen molar-refractivity contribution in [2.75, 3.05) is 59.7 Å². The number of para-hydroxylation sites is 3. The van der Waals surface area contributed by atoms with Crippen molar-refractivity contribution in [3.05, 3.63) is 359 Å². The lowest BCUT2D eigenvalue weighted by Gasteiger charge is -2.28. The van der Waals surface area contributed by atoms with Gasteiger partial charge >= 0.3 is 0 Å². The third-order valence-electron chi connectivity index (χ3n) is 26.0. The maximum Gasteiger partial charge on any atom is 0.272 e. The molecule has 0 saturated carbocycles. The van der Waals surface area contributed by atoms with Crippen molar-refractivity contribution in [2.45, 2.75) is 130 Å². The van der Waals surface area contributed by atoms with Gasteiger partial charge in [0, 0.05) is 259 Å². The minimum Gasteiger partial charge on any atom is -0.496 e. The van der Waals surface area contributed by atoms with Crippen LogP contribution in [0.15, 0.2) is 231 Å². The van der Waals surface area contributed by atoms with Crippen molar-refractivity contribution in [3.63, 3.8) is 0 Å². The van der Waals surface area contributed by atoms with Gasteiger partial charge < -0.3 is 66.4 Å². The Morgan fingerprint density at radius 1 is 0.358 bits per heavy atom. The summed E-state index contributed by atoms with van der Waals surface area (Å²) in [6.45, 7) is 11.9. The number of aliphatic hydroxyl groups is 4. The highest BCUT2D eigenvalue weighted by Crippen LogP contribution is 2.35. The summed E-state index contributed by atoms with van der Waals surface area (Å²) >= 11 is 12.0. The number of aromatic amines is 4. The van der Waals surface area contributed by atoms with Crippen molar-refractivity contribution < 1.29 is 48.7 Å². The van der Waals surface area contributed by atoms with E-state index in [-0.39, 0.29) is 55.9 Å². The number of hydrogen-bond donors (Lipinski definition) is 12. The Morgan fingerprint density at radius 3 is 1.12 bits per heavy atom. The molecule has 0 fully saturated rings. The summed E-state index contributed by atoms with van der Waals surface area (Å²) in [7, 11) is 1.70. The first-order valence-corrected chi connectivity index (χ1v) is 47.1. The predicted octanol–water partition coefficient (Wildman–Crippen LogP) is 14.0. The van der Waals surface area contributed by atoms with E-state index in [1.165, 1.54) is 55.9 Å². The Balaban J connectivity index is 0.000000122. The number of H-pyrrole nitrogens is 4. The topological polar surface area (TPSA) is 354 Å². The monoisotopic (exact) mass is 1880 g/mol. The Bertz CT molecular complexity index is 6950. The molecule has 32 heteroatoms. The van der Waals surface area contributed by atoms with E-state index < -0.39 is 0 Å². The van der Waals surface area contributed by atoms with Gasteiger partial charge in [-0.3, -0.25) is 57.5 Å². The molecule has 4 aliphatic rings. The van der Waals surface area contributed by atoms with Crippen molar-refractivity contribution in [3.8, 4) is 5.75 Å². The molecule has 12 heterocycles. The fraction of sp³-hybridized carbons (Fsp3) is 0.276. The van der Waals surface area contributed by atoms with Crippen LogP contribution in [0.1, 0.15) is 131 Å². The molecule has 137 heavy (non-hydrogen) atoms. The molecule has 4 amide bonds. The van der Waals surface area contributed by atoms with Gasteiger partial charge in [0.25, 0.3) is 23.6 Å². The van der Waals surface area contributed by atoms with Gasteiger partial charge in [-0.05, 0) is 123 Å². The zero-order valence-corrected chi connectivity index (χ0v) is 77.6. The number of nitrogens with zero attached hydrogens (tertiary/aromatic N) is 12. The molecule has 0 unspecified atom stereocenters. The minimum atomic E-state index is -0.308. The van der Waals surface area contributed by atoms with E-state index in [0.29, 0.717) is 111 Å². The Morgan fingerprint density at radius 2 is 0.708 bits per heavy atom. The average molecular weight is 1890 g/mol. The Hall–Kier alpha value is -13.9. The van der Waals surface area contributed by atoms with E-state index in [1.807, 2.05) is 122 Å². The number of hydrogen-bond acceptors (Lipinski definition) is 17. The van der Waals surface area contributed by atoms with Gasteiger partial charge in [0.2, 0.25) is 0 Å². The summed E-state index contributed by atoms with van der Waals surface area (Å²) in [5.74, 6) is -0.311. The van der Waals surface area contributed by atoms with Crippen molar-refractivity contribution in [1.29, 1.82) is 0 Å². The van der Waals surface area contributed by atoms with Crippen LogP contribution in [0.25, 0.3) is 54.4 Å². The number of benzene rings is 9. The van der Waals surface area contributed by atoms with E-state index >= 15 is 0 Å². The number of carbonyl (C=O) groups is 4. The maximum absolute atomic E-state index is 13.4. The number of amides is 4. The van der Waals surface area contributed by atoms with Gasteiger partial charge in [0.15, 0.2) is 22.8 Å². The van der Waals surface area contributed by atoms with Crippen LogP contribution in [-0.2, 0) is 130 Å². The summed E-state index contributed by atoms with van der Waals surface area (Å²) in [4.78, 5) is 75.2. The van der Waals surface area contributed by atoms with Crippen molar-refractivity contribution in [2.24, 2.45) is 0 Å². The van der Waals surface area contributed by atoms with E-state index in [4.69, 9.17) is 27.9 Å². The van der Waals surface area contributed by atoms with Crippen LogP contribution in [0.2, 0.25) is 10.0 Å². The van der Waals surface area contributed by atoms with Gasteiger partial charge in [-0.2, -0.15) is 20.4 Å². The van der Waals surface area contributed by atoms with E-state index in [1.54, 1.807) is 38.0 Å². The molecular formula is C105H109Cl2FN20O9. The summed E-state index contributed by atoms with van der Waals surface area (Å²) in [6, 6.07) is 66.2. The van der Waals surface area contributed by atoms with Crippen molar-refractivity contribution in [1.82, 2.24) is 99.9 Å². The van der Waals surface area contributed by atoms with Crippen LogP contribution < -0.4 is 26.0 Å². The number of nitrogens with one attached hydrogen (secondary N) is 8. The Labute approximate surface area is 800 Å². The van der Waals surface area contributed by atoms with Crippen molar-refractivity contribution >= 4 is 101 Å². The van der Waals surface area contributed by atoms with Crippen LogP contribution >= 0.6 is 23.2 Å². The molecule has 0 spiro atoms. The number of halogens is 3. The Kier molecular flexibility index (Phi) is 29.6. The molecule has 0 aliphatic carbocycles. The number of carbonyl (C=O) groups excluding carboxylic acids is 4.